The van der Waals surface area contributed by atoms with Crippen LogP contribution in [0.2, 0.25) is 0 Å². The molecule has 1 unspecified atom stereocenters. The number of nitrogens with zero attached hydrogens (tertiary/aromatic N) is 1. The van der Waals surface area contributed by atoms with Crippen LogP contribution in [0.3, 0.4) is 0 Å². The van der Waals surface area contributed by atoms with Crippen LogP contribution in [0.4, 0.5) is 0 Å². The molecule has 0 aliphatic rings. The molecule has 3 heteroatoms. The van der Waals surface area contributed by atoms with Gasteiger partial charge in [0.2, 0.25) is 0 Å². The average molecular weight is 143 g/mol. The molecule has 0 fully saturated rings. The molecule has 0 aromatic heterocycles. The van der Waals surface area contributed by atoms with Crippen LogP contribution >= 0.6 is 0 Å². The van der Waals surface area contributed by atoms with Crippen molar-refractivity contribution in [3.05, 3.63) is 0 Å². The monoisotopic (exact) mass is 143 g/mol. The van der Waals surface area contributed by atoms with Crippen molar-refractivity contribution in [1.82, 2.24) is 0 Å². The van der Waals surface area contributed by atoms with Gasteiger partial charge in [-0.25, -0.2) is 0 Å². The summed E-state index contributed by atoms with van der Waals surface area (Å²) >= 11 is 0. The Morgan fingerprint density at radius 2 is 2.20 bits per heavy atom. The molecule has 0 amide bonds. The smallest absolute Gasteiger partial charge is 0.154 e. The van der Waals surface area contributed by atoms with Crippen LogP contribution < -0.4 is 0 Å². The third kappa shape index (κ3) is 5.54. The first-order valence-corrected chi connectivity index (χ1v) is 3.41. The number of hydrogen-bond donors (Lipinski definition) is 0. The first-order valence-electron chi connectivity index (χ1n) is 3.41. The molecule has 0 radical (unpaired) electrons. The summed E-state index contributed by atoms with van der Waals surface area (Å²) in [4.78, 5) is 0. The zero-order valence-electron chi connectivity index (χ0n) is 6.46. The van der Waals surface area contributed by atoms with E-state index in [1.54, 1.807) is 0 Å². The molecule has 0 spiro atoms. The van der Waals surface area contributed by atoms with Crippen molar-refractivity contribution in [2.75, 3.05) is 13.2 Å². The lowest BCUT2D eigenvalue weighted by atomic mass is 10.5. The third-order valence-corrected chi connectivity index (χ3v) is 0.968. The van der Waals surface area contributed by atoms with E-state index in [0.717, 1.165) is 0 Å². The quantitative estimate of drug-likeness (QED) is 0.430. The molecule has 0 saturated heterocycles. The topological polar surface area (TPSA) is 42.2 Å². The number of nitriles is 1. The maximum Gasteiger partial charge on any atom is 0.154 e. The van der Waals surface area contributed by atoms with Crippen LogP contribution in [0.5, 0.6) is 0 Å². The summed E-state index contributed by atoms with van der Waals surface area (Å²) in [7, 11) is 0. The van der Waals surface area contributed by atoms with Gasteiger partial charge in [0.1, 0.15) is 0 Å². The molecular weight excluding hydrogens is 130 g/mol. The fraction of sp³-hybridized carbons (Fsp3) is 0.857. The normalized spacial score (nSPS) is 12.5. The summed E-state index contributed by atoms with van der Waals surface area (Å²) < 4.78 is 10.1. The molecule has 0 rings (SSSR count). The number of hydrogen-bond acceptors (Lipinski definition) is 3. The summed E-state index contributed by atoms with van der Waals surface area (Å²) in [6.07, 6.45) is 0.246. The molecule has 0 aromatic carbocycles. The standard InChI is InChI=1S/C7H13NO2/c1-3-9-7(2)10-6-4-5-8/h7H,3-4,6H2,1-2H3. The van der Waals surface area contributed by atoms with Crippen LogP contribution in [-0.4, -0.2) is 19.5 Å². The Balaban J connectivity index is 3.06. The van der Waals surface area contributed by atoms with Gasteiger partial charge in [-0.05, 0) is 13.8 Å². The predicted octanol–water partition coefficient (Wildman–Crippen LogP) is 1.30. The summed E-state index contributed by atoms with van der Waals surface area (Å²) in [6, 6.07) is 1.98. The average Bonchev–Trinajstić information content (AvgIpc) is 1.89. The van der Waals surface area contributed by atoms with Crippen molar-refractivity contribution in [1.29, 1.82) is 5.26 Å². The minimum absolute atomic E-state index is 0.182. The van der Waals surface area contributed by atoms with Crippen molar-refractivity contribution >= 4 is 0 Å². The van der Waals surface area contributed by atoms with Crippen molar-refractivity contribution < 1.29 is 9.47 Å². The van der Waals surface area contributed by atoms with E-state index < -0.39 is 0 Å². The van der Waals surface area contributed by atoms with Gasteiger partial charge < -0.3 is 9.47 Å². The third-order valence-electron chi connectivity index (χ3n) is 0.968. The van der Waals surface area contributed by atoms with E-state index in [1.165, 1.54) is 0 Å². The van der Waals surface area contributed by atoms with Gasteiger partial charge in [-0.1, -0.05) is 0 Å². The molecule has 0 N–H and O–H groups in total. The van der Waals surface area contributed by atoms with Crippen LogP contribution in [0, 0.1) is 11.3 Å². The largest absolute Gasteiger partial charge is 0.353 e. The first-order chi connectivity index (χ1) is 4.81. The second-order valence-corrected chi connectivity index (χ2v) is 1.80. The molecule has 0 heterocycles. The highest BCUT2D eigenvalue weighted by Crippen LogP contribution is 1.93. The molecule has 0 bridgehead atoms. The predicted molar refractivity (Wildman–Crippen MR) is 37.3 cm³/mol. The maximum atomic E-state index is 8.14. The maximum absolute atomic E-state index is 8.14. The fourth-order valence-electron chi connectivity index (χ4n) is 0.553. The van der Waals surface area contributed by atoms with E-state index in [-0.39, 0.29) is 6.29 Å². The number of rotatable bonds is 5. The van der Waals surface area contributed by atoms with Gasteiger partial charge in [-0.2, -0.15) is 5.26 Å². The summed E-state index contributed by atoms with van der Waals surface area (Å²) in [5.41, 5.74) is 0. The second-order valence-electron chi connectivity index (χ2n) is 1.80. The zero-order chi connectivity index (χ0) is 7.82. The van der Waals surface area contributed by atoms with Gasteiger partial charge in [0, 0.05) is 6.61 Å². The van der Waals surface area contributed by atoms with Gasteiger partial charge >= 0.3 is 0 Å². The molecular formula is C7H13NO2. The Bertz CT molecular complexity index is 109. The van der Waals surface area contributed by atoms with Crippen LogP contribution in [0.1, 0.15) is 20.3 Å². The highest BCUT2D eigenvalue weighted by Gasteiger charge is 1.97. The second kappa shape index (κ2) is 6.53. The Morgan fingerprint density at radius 3 is 2.70 bits per heavy atom. The lowest BCUT2D eigenvalue weighted by molar-refractivity contribution is -0.125. The van der Waals surface area contributed by atoms with Crippen LogP contribution in [-0.2, 0) is 9.47 Å². The van der Waals surface area contributed by atoms with Crippen molar-refractivity contribution in [2.45, 2.75) is 26.6 Å². The molecule has 0 aliphatic carbocycles. The molecule has 0 aromatic rings. The van der Waals surface area contributed by atoms with Gasteiger partial charge in [0.05, 0.1) is 19.1 Å². The van der Waals surface area contributed by atoms with Gasteiger partial charge in [-0.3, -0.25) is 0 Å². The van der Waals surface area contributed by atoms with E-state index in [1.807, 2.05) is 19.9 Å². The van der Waals surface area contributed by atoms with Crippen molar-refractivity contribution in [3.8, 4) is 6.07 Å². The van der Waals surface area contributed by atoms with Gasteiger partial charge in [-0.15, -0.1) is 0 Å². The first kappa shape index (κ1) is 9.41. The van der Waals surface area contributed by atoms with Crippen molar-refractivity contribution in [2.24, 2.45) is 0 Å². The Morgan fingerprint density at radius 1 is 1.50 bits per heavy atom. The van der Waals surface area contributed by atoms with Gasteiger partial charge in [0.15, 0.2) is 6.29 Å². The van der Waals surface area contributed by atoms with Gasteiger partial charge in [0.25, 0.3) is 0 Å². The fourth-order valence-corrected chi connectivity index (χ4v) is 0.553. The molecule has 58 valence electrons. The molecule has 0 saturated carbocycles. The SMILES string of the molecule is CCOC(C)OCCC#N. The zero-order valence-corrected chi connectivity index (χ0v) is 6.46. The van der Waals surface area contributed by atoms with E-state index in [0.29, 0.717) is 19.6 Å². The highest BCUT2D eigenvalue weighted by molar-refractivity contribution is 4.67. The molecule has 1 atom stereocenters. The summed E-state index contributed by atoms with van der Waals surface area (Å²) in [6.45, 7) is 4.83. The Kier molecular flexibility index (Phi) is 6.14. The van der Waals surface area contributed by atoms with E-state index in [2.05, 4.69) is 0 Å². The molecule has 10 heavy (non-hydrogen) atoms. The minimum Gasteiger partial charge on any atom is -0.353 e. The minimum atomic E-state index is -0.182. The van der Waals surface area contributed by atoms with E-state index >= 15 is 0 Å². The lowest BCUT2D eigenvalue weighted by Crippen LogP contribution is -2.13. The lowest BCUT2D eigenvalue weighted by Gasteiger charge is -2.10. The van der Waals surface area contributed by atoms with E-state index in [9.17, 15) is 0 Å². The summed E-state index contributed by atoms with van der Waals surface area (Å²) in [5.74, 6) is 0. The Labute approximate surface area is 61.5 Å². The van der Waals surface area contributed by atoms with E-state index in [4.69, 9.17) is 14.7 Å². The molecule has 0 aliphatic heterocycles. The highest BCUT2D eigenvalue weighted by atomic mass is 16.7. The van der Waals surface area contributed by atoms with Crippen LogP contribution in [0.25, 0.3) is 0 Å². The number of ether oxygens (including phenoxy) is 2. The van der Waals surface area contributed by atoms with Crippen molar-refractivity contribution in [3.63, 3.8) is 0 Å². The van der Waals surface area contributed by atoms with Crippen LogP contribution in [0.15, 0.2) is 0 Å². The Hall–Kier alpha value is -0.590. The summed E-state index contributed by atoms with van der Waals surface area (Å²) in [5, 5.41) is 8.14. The molecule has 3 nitrogen and oxygen atoms in total.